The van der Waals surface area contributed by atoms with Gasteiger partial charge in [-0.25, -0.2) is 0 Å². The molecule has 4 N–H and O–H groups in total. The van der Waals surface area contributed by atoms with Crippen molar-refractivity contribution in [1.29, 1.82) is 0 Å². The summed E-state index contributed by atoms with van der Waals surface area (Å²) < 4.78 is 0. The summed E-state index contributed by atoms with van der Waals surface area (Å²) in [6.45, 7) is 1.61. The van der Waals surface area contributed by atoms with Gasteiger partial charge >= 0.3 is 0 Å². The van der Waals surface area contributed by atoms with Crippen molar-refractivity contribution in [1.82, 2.24) is 9.88 Å². The summed E-state index contributed by atoms with van der Waals surface area (Å²) >= 11 is 0. The van der Waals surface area contributed by atoms with Gasteiger partial charge in [0.15, 0.2) is 0 Å². The summed E-state index contributed by atoms with van der Waals surface area (Å²) in [6.07, 6.45) is 3.69. The van der Waals surface area contributed by atoms with Crippen LogP contribution in [-0.4, -0.2) is 40.6 Å². The first kappa shape index (κ1) is 16.6. The quantitative estimate of drug-likeness (QED) is 0.499. The number of pyridine rings is 1. The topological polar surface area (TPSA) is 110 Å². The molecular weight excluding hydrogens is 316 g/mol. The Labute approximate surface area is 146 Å². The van der Waals surface area contributed by atoms with Crippen LogP contribution in [0.3, 0.4) is 0 Å². The van der Waals surface area contributed by atoms with Crippen molar-refractivity contribution in [3.8, 4) is 0 Å². The second kappa shape index (κ2) is 7.57. The fourth-order valence-electron chi connectivity index (χ4n) is 2.72. The first-order valence-corrected chi connectivity index (χ1v) is 8.13. The fourth-order valence-corrected chi connectivity index (χ4v) is 2.72. The van der Waals surface area contributed by atoms with E-state index in [9.17, 15) is 4.79 Å². The standard InChI is InChI=1S/C18H20N6O/c19-18(20)23-22-16(13-6-2-1-3-7-13)15-9-8-14(12-21-15)17(25)24-10-4-5-11-24/h1-3,6-9,12H,4-5,10-11H2,(H4,19,20,23)/b22-16-. The Hall–Kier alpha value is -3.22. The Balaban J connectivity index is 1.90. The molecule has 0 atom stereocenters. The number of likely N-dealkylation sites (tertiary alicyclic amines) is 1. The van der Waals surface area contributed by atoms with E-state index < -0.39 is 0 Å². The third-order valence-electron chi connectivity index (χ3n) is 3.96. The molecule has 1 aliphatic heterocycles. The second-order valence-corrected chi connectivity index (χ2v) is 5.77. The number of rotatable bonds is 4. The molecule has 2 aromatic rings. The van der Waals surface area contributed by atoms with E-state index in [1.54, 1.807) is 18.3 Å². The Kier molecular flexibility index (Phi) is 5.03. The number of amides is 1. The molecule has 1 aromatic carbocycles. The number of aromatic nitrogens is 1. The Morgan fingerprint density at radius 2 is 1.68 bits per heavy atom. The SMILES string of the molecule is NC(N)=N/N=C(/c1ccccc1)c1ccc(C(=O)N2CCCC2)cn1. The highest BCUT2D eigenvalue weighted by atomic mass is 16.2. The fraction of sp³-hybridized carbons (Fsp3) is 0.222. The molecule has 0 spiro atoms. The number of nitrogens with zero attached hydrogens (tertiary/aromatic N) is 4. The highest BCUT2D eigenvalue weighted by Crippen LogP contribution is 2.14. The summed E-state index contributed by atoms with van der Waals surface area (Å²) in [6, 6.07) is 13.0. The van der Waals surface area contributed by atoms with Crippen molar-refractivity contribution in [2.45, 2.75) is 12.8 Å². The molecule has 0 unspecified atom stereocenters. The maximum absolute atomic E-state index is 12.4. The Morgan fingerprint density at radius 3 is 2.28 bits per heavy atom. The number of guanidine groups is 1. The number of benzene rings is 1. The van der Waals surface area contributed by atoms with Crippen LogP contribution in [0.15, 0.2) is 58.9 Å². The third-order valence-corrected chi connectivity index (χ3v) is 3.96. The molecule has 128 valence electrons. The normalized spacial score (nSPS) is 14.4. The van der Waals surface area contributed by atoms with Crippen molar-refractivity contribution >= 4 is 17.6 Å². The second-order valence-electron chi connectivity index (χ2n) is 5.77. The Bertz CT molecular complexity index is 788. The smallest absolute Gasteiger partial charge is 0.255 e. The first-order chi connectivity index (χ1) is 12.1. The van der Waals surface area contributed by atoms with Crippen molar-refractivity contribution < 1.29 is 4.79 Å². The average Bonchev–Trinajstić information content (AvgIpc) is 3.17. The molecule has 0 saturated carbocycles. The van der Waals surface area contributed by atoms with Crippen LogP contribution in [0.2, 0.25) is 0 Å². The molecular formula is C18H20N6O. The highest BCUT2D eigenvalue weighted by Gasteiger charge is 2.20. The van der Waals surface area contributed by atoms with E-state index in [2.05, 4.69) is 15.2 Å². The van der Waals surface area contributed by atoms with E-state index in [1.165, 1.54) is 0 Å². The maximum Gasteiger partial charge on any atom is 0.255 e. The van der Waals surface area contributed by atoms with Crippen LogP contribution >= 0.6 is 0 Å². The number of carbonyl (C=O) groups is 1. The molecule has 25 heavy (non-hydrogen) atoms. The molecule has 1 aromatic heterocycles. The Morgan fingerprint density at radius 1 is 0.960 bits per heavy atom. The predicted octanol–water partition coefficient (Wildman–Crippen LogP) is 1.34. The van der Waals surface area contributed by atoms with Gasteiger partial charge in [0.1, 0.15) is 5.71 Å². The van der Waals surface area contributed by atoms with E-state index in [-0.39, 0.29) is 11.9 Å². The van der Waals surface area contributed by atoms with Crippen molar-refractivity contribution in [3.63, 3.8) is 0 Å². The van der Waals surface area contributed by atoms with Gasteiger partial charge in [-0.15, -0.1) is 10.2 Å². The van der Waals surface area contributed by atoms with Gasteiger partial charge in [-0.05, 0) is 25.0 Å². The molecule has 1 aliphatic rings. The van der Waals surface area contributed by atoms with Gasteiger partial charge in [0.05, 0.1) is 11.3 Å². The first-order valence-electron chi connectivity index (χ1n) is 8.13. The van der Waals surface area contributed by atoms with E-state index in [1.807, 2.05) is 35.2 Å². The van der Waals surface area contributed by atoms with E-state index in [0.717, 1.165) is 31.5 Å². The minimum atomic E-state index is -0.130. The number of hydrogen-bond acceptors (Lipinski definition) is 4. The van der Waals surface area contributed by atoms with Crippen molar-refractivity contribution in [2.75, 3.05) is 13.1 Å². The van der Waals surface area contributed by atoms with Crippen LogP contribution in [0.1, 0.15) is 34.5 Å². The van der Waals surface area contributed by atoms with Crippen LogP contribution in [0.4, 0.5) is 0 Å². The molecule has 1 amide bonds. The average molecular weight is 336 g/mol. The monoisotopic (exact) mass is 336 g/mol. The lowest BCUT2D eigenvalue weighted by Crippen LogP contribution is -2.27. The zero-order valence-electron chi connectivity index (χ0n) is 13.8. The van der Waals surface area contributed by atoms with Crippen LogP contribution in [-0.2, 0) is 0 Å². The van der Waals surface area contributed by atoms with Gasteiger partial charge in [0, 0.05) is 24.8 Å². The molecule has 1 fully saturated rings. The number of nitrogens with two attached hydrogens (primary N) is 2. The van der Waals surface area contributed by atoms with E-state index in [4.69, 9.17) is 11.5 Å². The minimum absolute atomic E-state index is 0.0129. The van der Waals surface area contributed by atoms with Crippen molar-refractivity contribution in [3.05, 3.63) is 65.5 Å². The summed E-state index contributed by atoms with van der Waals surface area (Å²) in [5.41, 5.74) is 13.3. The summed E-state index contributed by atoms with van der Waals surface area (Å²) in [4.78, 5) is 18.7. The summed E-state index contributed by atoms with van der Waals surface area (Å²) in [5, 5.41) is 7.86. The predicted molar refractivity (Wildman–Crippen MR) is 97.3 cm³/mol. The molecule has 2 heterocycles. The van der Waals surface area contributed by atoms with Crippen LogP contribution in [0, 0.1) is 0 Å². The molecule has 1 saturated heterocycles. The van der Waals surface area contributed by atoms with Gasteiger partial charge in [-0.2, -0.15) is 0 Å². The van der Waals surface area contributed by atoms with Gasteiger partial charge in [-0.1, -0.05) is 30.3 Å². The summed E-state index contributed by atoms with van der Waals surface area (Å²) in [5.74, 6) is -0.117. The lowest BCUT2D eigenvalue weighted by atomic mass is 10.1. The number of carbonyl (C=O) groups excluding carboxylic acids is 1. The molecule has 3 rings (SSSR count). The van der Waals surface area contributed by atoms with Gasteiger partial charge in [0.25, 0.3) is 5.91 Å². The molecule has 0 aliphatic carbocycles. The maximum atomic E-state index is 12.4. The largest absolute Gasteiger partial charge is 0.369 e. The van der Waals surface area contributed by atoms with Gasteiger partial charge in [0.2, 0.25) is 5.96 Å². The zero-order valence-corrected chi connectivity index (χ0v) is 13.8. The molecule has 0 bridgehead atoms. The van der Waals surface area contributed by atoms with E-state index in [0.29, 0.717) is 17.0 Å². The zero-order chi connectivity index (χ0) is 17.6. The van der Waals surface area contributed by atoms with Gasteiger partial charge in [-0.3, -0.25) is 9.78 Å². The summed E-state index contributed by atoms with van der Waals surface area (Å²) in [7, 11) is 0. The number of hydrogen-bond donors (Lipinski definition) is 2. The van der Waals surface area contributed by atoms with Crippen LogP contribution in [0.5, 0.6) is 0 Å². The van der Waals surface area contributed by atoms with Gasteiger partial charge < -0.3 is 16.4 Å². The molecule has 7 nitrogen and oxygen atoms in total. The van der Waals surface area contributed by atoms with E-state index >= 15 is 0 Å². The minimum Gasteiger partial charge on any atom is -0.369 e. The van der Waals surface area contributed by atoms with Crippen LogP contribution < -0.4 is 11.5 Å². The van der Waals surface area contributed by atoms with Crippen LogP contribution in [0.25, 0.3) is 0 Å². The molecule has 7 heteroatoms. The lowest BCUT2D eigenvalue weighted by Gasteiger charge is -2.15. The molecule has 0 radical (unpaired) electrons. The highest BCUT2D eigenvalue weighted by molar-refractivity contribution is 6.12. The third kappa shape index (κ3) is 4.00. The lowest BCUT2D eigenvalue weighted by molar-refractivity contribution is 0.0792. The van der Waals surface area contributed by atoms with Crippen molar-refractivity contribution in [2.24, 2.45) is 21.7 Å².